The maximum absolute atomic E-state index is 10.1. The van der Waals surface area contributed by atoms with Crippen LogP contribution in [0.15, 0.2) is 22.8 Å². The lowest BCUT2D eigenvalue weighted by atomic mass is 9.63. The molecule has 1 N–H and O–H groups in total. The van der Waals surface area contributed by atoms with Crippen molar-refractivity contribution in [2.75, 3.05) is 0 Å². The average molecular weight is 220 g/mol. The lowest BCUT2D eigenvalue weighted by Gasteiger charge is -2.43. The van der Waals surface area contributed by atoms with Gasteiger partial charge in [-0.2, -0.15) is 0 Å². The van der Waals surface area contributed by atoms with Crippen molar-refractivity contribution in [2.45, 2.75) is 53.1 Å². The summed E-state index contributed by atoms with van der Waals surface area (Å²) in [6.45, 7) is 8.84. The van der Waals surface area contributed by atoms with Crippen LogP contribution in [0.3, 0.4) is 0 Å². The fourth-order valence-corrected chi connectivity index (χ4v) is 3.41. The van der Waals surface area contributed by atoms with E-state index in [1.165, 1.54) is 29.6 Å². The molecule has 0 bridgehead atoms. The summed E-state index contributed by atoms with van der Waals surface area (Å²) in [5.41, 5.74) is 4.44. The van der Waals surface area contributed by atoms with Crippen molar-refractivity contribution in [3.63, 3.8) is 0 Å². The molecule has 2 aliphatic carbocycles. The van der Waals surface area contributed by atoms with Crippen LogP contribution in [0.5, 0.6) is 0 Å². The Morgan fingerprint density at radius 1 is 1.38 bits per heavy atom. The number of hydrogen-bond donors (Lipinski definition) is 1. The zero-order valence-corrected chi connectivity index (χ0v) is 11.0. The first-order chi connectivity index (χ1) is 7.50. The molecule has 1 heteroatoms. The summed E-state index contributed by atoms with van der Waals surface area (Å²) in [5, 5.41) is 10.1. The lowest BCUT2D eigenvalue weighted by Crippen LogP contribution is -2.38. The van der Waals surface area contributed by atoms with Crippen molar-refractivity contribution in [3.8, 4) is 0 Å². The molecular weight excluding hydrogens is 196 g/mol. The monoisotopic (exact) mass is 220 g/mol. The second-order valence-electron chi connectivity index (χ2n) is 5.90. The van der Waals surface area contributed by atoms with Crippen LogP contribution >= 0.6 is 0 Å². The second-order valence-corrected chi connectivity index (χ2v) is 5.90. The van der Waals surface area contributed by atoms with Gasteiger partial charge in [0.25, 0.3) is 0 Å². The van der Waals surface area contributed by atoms with E-state index < -0.39 is 0 Å². The first kappa shape index (κ1) is 11.9. The van der Waals surface area contributed by atoms with Gasteiger partial charge in [0.05, 0.1) is 6.10 Å². The average Bonchev–Trinajstić information content (AvgIpc) is 2.22. The minimum Gasteiger partial charge on any atom is -0.393 e. The first-order valence-electron chi connectivity index (χ1n) is 6.52. The van der Waals surface area contributed by atoms with Crippen molar-refractivity contribution in [1.29, 1.82) is 0 Å². The van der Waals surface area contributed by atoms with Crippen LogP contribution in [-0.2, 0) is 0 Å². The first-order valence-corrected chi connectivity index (χ1v) is 6.52. The van der Waals surface area contributed by atoms with Crippen LogP contribution in [0.1, 0.15) is 47.0 Å². The van der Waals surface area contributed by atoms with Crippen molar-refractivity contribution >= 4 is 0 Å². The maximum atomic E-state index is 10.1. The highest BCUT2D eigenvalue weighted by atomic mass is 16.3. The van der Waals surface area contributed by atoms with Gasteiger partial charge in [0.2, 0.25) is 0 Å². The minimum atomic E-state index is -0.127. The highest BCUT2D eigenvalue weighted by molar-refractivity contribution is 5.27. The summed E-state index contributed by atoms with van der Waals surface area (Å²) >= 11 is 0. The third kappa shape index (κ3) is 1.98. The van der Waals surface area contributed by atoms with Crippen LogP contribution in [-0.4, -0.2) is 11.2 Å². The van der Waals surface area contributed by atoms with Gasteiger partial charge in [-0.25, -0.2) is 0 Å². The standard InChI is InChI=1S/C15H24O/c1-9(2)13-8-15(16)11(4)12-6-5-10(3)7-14(12)13/h7,11-12,14-16H,5-6,8H2,1-4H3/t11-,12-,14-,15-/m1/s1. The Balaban J connectivity index is 2.37. The van der Waals surface area contributed by atoms with Gasteiger partial charge in [-0.15, -0.1) is 0 Å². The topological polar surface area (TPSA) is 20.2 Å². The molecule has 0 aromatic rings. The van der Waals surface area contributed by atoms with E-state index in [4.69, 9.17) is 0 Å². The summed E-state index contributed by atoms with van der Waals surface area (Å²) in [4.78, 5) is 0. The highest BCUT2D eigenvalue weighted by Crippen LogP contribution is 2.46. The summed E-state index contributed by atoms with van der Waals surface area (Å²) in [5.74, 6) is 1.73. The Bertz CT molecular complexity index is 333. The van der Waals surface area contributed by atoms with Gasteiger partial charge < -0.3 is 5.11 Å². The number of fused-ring (bicyclic) bond motifs is 1. The van der Waals surface area contributed by atoms with Crippen molar-refractivity contribution in [1.82, 2.24) is 0 Å². The molecule has 0 amide bonds. The van der Waals surface area contributed by atoms with Gasteiger partial charge in [0.1, 0.15) is 0 Å². The fourth-order valence-electron chi connectivity index (χ4n) is 3.41. The van der Waals surface area contributed by atoms with E-state index in [9.17, 15) is 5.11 Å². The molecular formula is C15H24O. The normalized spacial score (nSPS) is 39.1. The molecule has 2 rings (SSSR count). The lowest BCUT2D eigenvalue weighted by molar-refractivity contribution is 0.0422. The van der Waals surface area contributed by atoms with Crippen LogP contribution < -0.4 is 0 Å². The Morgan fingerprint density at radius 2 is 2.06 bits per heavy atom. The van der Waals surface area contributed by atoms with E-state index in [1.807, 2.05) is 0 Å². The maximum Gasteiger partial charge on any atom is 0.0606 e. The van der Waals surface area contributed by atoms with Crippen molar-refractivity contribution < 1.29 is 5.11 Å². The minimum absolute atomic E-state index is 0.127. The summed E-state index contributed by atoms with van der Waals surface area (Å²) < 4.78 is 0. The summed E-state index contributed by atoms with van der Waals surface area (Å²) in [6, 6.07) is 0. The SMILES string of the molecule is CC1=C[C@H]2C(=C(C)C)C[C@@H](O)[C@H](C)[C@H]2CC1. The van der Waals surface area contributed by atoms with Crippen LogP contribution in [0.2, 0.25) is 0 Å². The van der Waals surface area contributed by atoms with Crippen molar-refractivity contribution in [3.05, 3.63) is 22.8 Å². The third-order valence-electron chi connectivity index (χ3n) is 4.55. The molecule has 0 heterocycles. The second kappa shape index (κ2) is 4.37. The molecule has 4 atom stereocenters. The molecule has 1 fully saturated rings. The summed E-state index contributed by atoms with van der Waals surface area (Å²) in [6.07, 6.45) is 5.68. The Kier molecular flexibility index (Phi) is 3.25. The van der Waals surface area contributed by atoms with E-state index in [1.54, 1.807) is 0 Å². The zero-order valence-electron chi connectivity index (χ0n) is 11.0. The van der Waals surface area contributed by atoms with Gasteiger partial charge >= 0.3 is 0 Å². The Hall–Kier alpha value is -0.560. The highest BCUT2D eigenvalue weighted by Gasteiger charge is 2.39. The number of hydrogen-bond acceptors (Lipinski definition) is 1. The molecule has 1 saturated carbocycles. The largest absolute Gasteiger partial charge is 0.393 e. The number of allylic oxidation sites excluding steroid dienone is 3. The molecule has 0 saturated heterocycles. The van der Waals surface area contributed by atoms with Gasteiger partial charge in [0.15, 0.2) is 0 Å². The number of aliphatic hydroxyl groups is 1. The molecule has 16 heavy (non-hydrogen) atoms. The van der Waals surface area contributed by atoms with Crippen LogP contribution in [0.4, 0.5) is 0 Å². The van der Waals surface area contributed by atoms with Gasteiger partial charge in [-0.1, -0.05) is 29.7 Å². The Labute approximate surface area is 99.3 Å². The molecule has 0 radical (unpaired) electrons. The predicted molar refractivity (Wildman–Crippen MR) is 68.1 cm³/mol. The van der Waals surface area contributed by atoms with Gasteiger partial charge in [-0.05, 0) is 51.9 Å². The molecule has 90 valence electrons. The zero-order chi connectivity index (χ0) is 11.9. The molecule has 0 aromatic carbocycles. The predicted octanol–water partition coefficient (Wildman–Crippen LogP) is 3.70. The van der Waals surface area contributed by atoms with Crippen LogP contribution in [0, 0.1) is 17.8 Å². The van der Waals surface area contributed by atoms with E-state index in [0.29, 0.717) is 17.8 Å². The molecule has 0 aliphatic heterocycles. The molecule has 0 spiro atoms. The smallest absolute Gasteiger partial charge is 0.0606 e. The molecule has 0 aromatic heterocycles. The summed E-state index contributed by atoms with van der Waals surface area (Å²) in [7, 11) is 0. The molecule has 0 unspecified atom stereocenters. The van der Waals surface area contributed by atoms with Gasteiger partial charge in [-0.3, -0.25) is 0 Å². The quantitative estimate of drug-likeness (QED) is 0.617. The third-order valence-corrected chi connectivity index (χ3v) is 4.55. The van der Waals surface area contributed by atoms with E-state index >= 15 is 0 Å². The van der Waals surface area contributed by atoms with Crippen LogP contribution in [0.25, 0.3) is 0 Å². The van der Waals surface area contributed by atoms with Gasteiger partial charge in [0, 0.05) is 5.92 Å². The van der Waals surface area contributed by atoms with E-state index in [2.05, 4.69) is 33.8 Å². The van der Waals surface area contributed by atoms with Crippen molar-refractivity contribution in [2.24, 2.45) is 17.8 Å². The molecule has 1 nitrogen and oxygen atoms in total. The number of aliphatic hydroxyl groups excluding tert-OH is 1. The van der Waals surface area contributed by atoms with E-state index in [-0.39, 0.29) is 6.10 Å². The number of rotatable bonds is 0. The molecule has 2 aliphatic rings. The fraction of sp³-hybridized carbons (Fsp3) is 0.733. The van der Waals surface area contributed by atoms with E-state index in [0.717, 1.165) is 6.42 Å². The Morgan fingerprint density at radius 3 is 2.69 bits per heavy atom.